The van der Waals surface area contributed by atoms with Gasteiger partial charge in [-0.1, -0.05) is 30.3 Å². The number of thiocarbonyl (C=S) groups is 1. The molecule has 106 valence electrons. The zero-order valence-corrected chi connectivity index (χ0v) is 12.5. The monoisotopic (exact) mass is 288 g/mol. The van der Waals surface area contributed by atoms with Crippen molar-refractivity contribution in [2.75, 3.05) is 0 Å². The SMILES string of the molecule is CC(CCc1ccccc1)NC(=S)NCc1ccco1. The number of furan rings is 1. The maximum Gasteiger partial charge on any atom is 0.166 e. The first-order valence-corrected chi connectivity index (χ1v) is 7.25. The highest BCUT2D eigenvalue weighted by atomic mass is 32.1. The van der Waals surface area contributed by atoms with Crippen LogP contribution in [0.4, 0.5) is 0 Å². The zero-order chi connectivity index (χ0) is 14.2. The second kappa shape index (κ2) is 7.70. The molecule has 1 atom stereocenters. The summed E-state index contributed by atoms with van der Waals surface area (Å²) in [6.07, 6.45) is 3.76. The number of rotatable bonds is 6. The number of hydrogen-bond donors (Lipinski definition) is 2. The van der Waals surface area contributed by atoms with Crippen molar-refractivity contribution in [3.05, 3.63) is 60.1 Å². The van der Waals surface area contributed by atoms with E-state index >= 15 is 0 Å². The molecular formula is C16H20N2OS. The van der Waals surface area contributed by atoms with Gasteiger partial charge >= 0.3 is 0 Å². The molecule has 0 fully saturated rings. The molecule has 0 spiro atoms. The minimum Gasteiger partial charge on any atom is -0.467 e. The first kappa shape index (κ1) is 14.6. The maximum absolute atomic E-state index is 5.27. The Hall–Kier alpha value is -1.81. The Balaban J connectivity index is 1.66. The van der Waals surface area contributed by atoms with E-state index in [1.54, 1.807) is 6.26 Å². The first-order valence-electron chi connectivity index (χ1n) is 6.84. The Morgan fingerprint density at radius 3 is 2.70 bits per heavy atom. The van der Waals surface area contributed by atoms with Gasteiger partial charge in [0.2, 0.25) is 0 Å². The molecule has 1 heterocycles. The number of aryl methyl sites for hydroxylation is 1. The van der Waals surface area contributed by atoms with Crippen LogP contribution < -0.4 is 10.6 Å². The predicted octanol–water partition coefficient (Wildman–Crippen LogP) is 3.27. The molecule has 0 aliphatic rings. The molecule has 1 aromatic heterocycles. The second-order valence-electron chi connectivity index (χ2n) is 4.83. The van der Waals surface area contributed by atoms with Crippen LogP contribution in [0.1, 0.15) is 24.7 Å². The smallest absolute Gasteiger partial charge is 0.166 e. The van der Waals surface area contributed by atoms with E-state index in [-0.39, 0.29) is 0 Å². The van der Waals surface area contributed by atoms with Crippen LogP contribution in [0.15, 0.2) is 53.1 Å². The van der Waals surface area contributed by atoms with E-state index in [4.69, 9.17) is 16.6 Å². The van der Waals surface area contributed by atoms with E-state index in [0.717, 1.165) is 18.6 Å². The van der Waals surface area contributed by atoms with Crippen LogP contribution in [-0.4, -0.2) is 11.2 Å². The van der Waals surface area contributed by atoms with Crippen LogP contribution in [0, 0.1) is 0 Å². The standard InChI is InChI=1S/C16H20N2OS/c1-13(9-10-14-6-3-2-4-7-14)18-16(20)17-12-15-8-5-11-19-15/h2-8,11,13H,9-10,12H2,1H3,(H2,17,18,20). The van der Waals surface area contributed by atoms with Crippen LogP contribution in [0.2, 0.25) is 0 Å². The molecule has 0 saturated heterocycles. The summed E-state index contributed by atoms with van der Waals surface area (Å²) in [6, 6.07) is 14.6. The third kappa shape index (κ3) is 5.05. The molecule has 3 nitrogen and oxygen atoms in total. The van der Waals surface area contributed by atoms with Gasteiger partial charge < -0.3 is 15.1 Å². The third-order valence-electron chi connectivity index (χ3n) is 3.09. The minimum absolute atomic E-state index is 0.340. The van der Waals surface area contributed by atoms with Crippen molar-refractivity contribution in [3.63, 3.8) is 0 Å². The summed E-state index contributed by atoms with van der Waals surface area (Å²) in [4.78, 5) is 0. The van der Waals surface area contributed by atoms with Crippen LogP contribution in [0.3, 0.4) is 0 Å². The van der Waals surface area contributed by atoms with Gasteiger partial charge in [0.15, 0.2) is 5.11 Å². The van der Waals surface area contributed by atoms with E-state index in [2.05, 4.69) is 41.8 Å². The van der Waals surface area contributed by atoms with Crippen LogP contribution in [0.5, 0.6) is 0 Å². The van der Waals surface area contributed by atoms with E-state index in [1.165, 1.54) is 5.56 Å². The summed E-state index contributed by atoms with van der Waals surface area (Å²) < 4.78 is 5.24. The molecule has 20 heavy (non-hydrogen) atoms. The summed E-state index contributed by atoms with van der Waals surface area (Å²) in [6.45, 7) is 2.76. The fourth-order valence-electron chi connectivity index (χ4n) is 1.96. The minimum atomic E-state index is 0.340. The Bertz CT molecular complexity index is 511. The van der Waals surface area contributed by atoms with E-state index in [9.17, 15) is 0 Å². The highest BCUT2D eigenvalue weighted by molar-refractivity contribution is 7.80. The molecule has 0 amide bonds. The maximum atomic E-state index is 5.27. The number of nitrogens with one attached hydrogen (secondary N) is 2. The average Bonchev–Trinajstić information content (AvgIpc) is 2.97. The first-order chi connectivity index (χ1) is 9.74. The lowest BCUT2D eigenvalue weighted by Crippen LogP contribution is -2.40. The second-order valence-corrected chi connectivity index (χ2v) is 5.24. The molecule has 0 radical (unpaired) electrons. The summed E-state index contributed by atoms with van der Waals surface area (Å²) >= 11 is 5.27. The van der Waals surface area contributed by atoms with Gasteiger partial charge in [-0.2, -0.15) is 0 Å². The average molecular weight is 288 g/mol. The highest BCUT2D eigenvalue weighted by Gasteiger charge is 2.05. The van der Waals surface area contributed by atoms with Gasteiger partial charge in [0, 0.05) is 6.04 Å². The quantitative estimate of drug-likeness (QED) is 0.800. The van der Waals surface area contributed by atoms with Gasteiger partial charge in [-0.05, 0) is 49.7 Å². The van der Waals surface area contributed by atoms with Crippen molar-refractivity contribution in [2.45, 2.75) is 32.4 Å². The summed E-state index contributed by atoms with van der Waals surface area (Å²) in [5.41, 5.74) is 1.36. The number of benzene rings is 1. The van der Waals surface area contributed by atoms with Gasteiger partial charge in [0.1, 0.15) is 5.76 Å². The van der Waals surface area contributed by atoms with Crippen molar-refractivity contribution < 1.29 is 4.42 Å². The molecule has 0 aliphatic carbocycles. The third-order valence-corrected chi connectivity index (χ3v) is 3.35. The van der Waals surface area contributed by atoms with E-state index < -0.39 is 0 Å². The Morgan fingerprint density at radius 2 is 2.00 bits per heavy atom. The van der Waals surface area contributed by atoms with Crippen LogP contribution in [-0.2, 0) is 13.0 Å². The van der Waals surface area contributed by atoms with Crippen LogP contribution >= 0.6 is 12.2 Å². The van der Waals surface area contributed by atoms with Crippen LogP contribution in [0.25, 0.3) is 0 Å². The van der Waals surface area contributed by atoms with Crippen molar-refractivity contribution in [1.82, 2.24) is 10.6 Å². The van der Waals surface area contributed by atoms with Gasteiger partial charge in [-0.15, -0.1) is 0 Å². The van der Waals surface area contributed by atoms with Gasteiger partial charge in [0.25, 0.3) is 0 Å². The Labute approximate surface area is 125 Å². The summed E-state index contributed by atoms with van der Waals surface area (Å²) in [5.74, 6) is 0.881. The van der Waals surface area contributed by atoms with E-state index in [1.807, 2.05) is 18.2 Å². The van der Waals surface area contributed by atoms with Crippen molar-refractivity contribution in [2.24, 2.45) is 0 Å². The zero-order valence-electron chi connectivity index (χ0n) is 11.6. The molecule has 0 saturated carbocycles. The largest absolute Gasteiger partial charge is 0.467 e. The van der Waals surface area contributed by atoms with Crippen molar-refractivity contribution >= 4 is 17.3 Å². The molecule has 2 rings (SSSR count). The topological polar surface area (TPSA) is 37.2 Å². The summed E-state index contributed by atoms with van der Waals surface area (Å²) in [5, 5.41) is 7.10. The Kier molecular flexibility index (Phi) is 5.62. The fraction of sp³-hybridized carbons (Fsp3) is 0.312. The summed E-state index contributed by atoms with van der Waals surface area (Å²) in [7, 11) is 0. The lowest BCUT2D eigenvalue weighted by Gasteiger charge is -2.16. The molecule has 0 bridgehead atoms. The molecule has 1 unspecified atom stereocenters. The fourth-order valence-corrected chi connectivity index (χ4v) is 2.23. The molecule has 2 aromatic rings. The lowest BCUT2D eigenvalue weighted by molar-refractivity contribution is 0.500. The number of hydrogen-bond acceptors (Lipinski definition) is 2. The normalized spacial score (nSPS) is 11.8. The predicted molar refractivity (Wildman–Crippen MR) is 85.5 cm³/mol. The molecule has 0 aliphatic heterocycles. The van der Waals surface area contributed by atoms with Crippen molar-refractivity contribution in [3.8, 4) is 0 Å². The van der Waals surface area contributed by atoms with E-state index in [0.29, 0.717) is 17.7 Å². The molecule has 4 heteroatoms. The molecular weight excluding hydrogens is 268 g/mol. The van der Waals surface area contributed by atoms with Gasteiger partial charge in [0.05, 0.1) is 12.8 Å². The van der Waals surface area contributed by atoms with Crippen molar-refractivity contribution in [1.29, 1.82) is 0 Å². The Morgan fingerprint density at radius 1 is 1.20 bits per heavy atom. The van der Waals surface area contributed by atoms with Gasteiger partial charge in [-0.3, -0.25) is 0 Å². The lowest BCUT2D eigenvalue weighted by atomic mass is 10.1. The molecule has 2 N–H and O–H groups in total. The highest BCUT2D eigenvalue weighted by Crippen LogP contribution is 2.05. The van der Waals surface area contributed by atoms with Gasteiger partial charge in [-0.25, -0.2) is 0 Å². The molecule has 1 aromatic carbocycles.